The van der Waals surface area contributed by atoms with Crippen LogP contribution in [0.15, 0.2) is 40.2 Å². The summed E-state index contributed by atoms with van der Waals surface area (Å²) in [5.74, 6) is 0. The number of benzene rings is 1. The van der Waals surface area contributed by atoms with Crippen LogP contribution in [0.25, 0.3) is 0 Å². The van der Waals surface area contributed by atoms with Gasteiger partial charge in [-0.05, 0) is 29.1 Å². The van der Waals surface area contributed by atoms with E-state index in [9.17, 15) is 0 Å². The van der Waals surface area contributed by atoms with Gasteiger partial charge in [0.05, 0.1) is 5.38 Å². The highest BCUT2D eigenvalue weighted by atomic mass is 79.9. The van der Waals surface area contributed by atoms with Crippen LogP contribution in [-0.2, 0) is 6.42 Å². The normalized spacial score (nSPS) is 12.7. The summed E-state index contributed by atoms with van der Waals surface area (Å²) in [4.78, 5) is 1.28. The highest BCUT2D eigenvalue weighted by Crippen LogP contribution is 2.33. The van der Waals surface area contributed by atoms with Crippen molar-refractivity contribution in [2.75, 3.05) is 0 Å². The van der Waals surface area contributed by atoms with Gasteiger partial charge >= 0.3 is 0 Å². The number of thiophene rings is 1. The molecule has 0 saturated heterocycles. The molecule has 1 aromatic carbocycles. The van der Waals surface area contributed by atoms with Crippen molar-refractivity contribution in [2.45, 2.75) is 11.8 Å². The number of hydrogen-bond acceptors (Lipinski definition) is 1. The SMILES string of the molecule is Clc1cc(Br)ccc1C(Cl)Cc1cccs1. The van der Waals surface area contributed by atoms with E-state index in [1.165, 1.54) is 4.88 Å². The van der Waals surface area contributed by atoms with E-state index in [0.717, 1.165) is 16.5 Å². The van der Waals surface area contributed by atoms with E-state index in [4.69, 9.17) is 23.2 Å². The number of hydrogen-bond donors (Lipinski definition) is 0. The monoisotopic (exact) mass is 334 g/mol. The highest BCUT2D eigenvalue weighted by Gasteiger charge is 2.13. The molecule has 0 bridgehead atoms. The van der Waals surface area contributed by atoms with Gasteiger partial charge in [-0.15, -0.1) is 22.9 Å². The van der Waals surface area contributed by atoms with Crippen molar-refractivity contribution in [3.8, 4) is 0 Å². The average molecular weight is 336 g/mol. The summed E-state index contributed by atoms with van der Waals surface area (Å²) in [5, 5.41) is 2.70. The maximum atomic E-state index is 6.36. The molecule has 0 aliphatic carbocycles. The van der Waals surface area contributed by atoms with Gasteiger partial charge in [0.25, 0.3) is 0 Å². The Morgan fingerprint density at radius 3 is 2.75 bits per heavy atom. The van der Waals surface area contributed by atoms with Gasteiger partial charge in [-0.1, -0.05) is 39.7 Å². The minimum Gasteiger partial charge on any atom is -0.149 e. The van der Waals surface area contributed by atoms with E-state index in [-0.39, 0.29) is 5.38 Å². The lowest BCUT2D eigenvalue weighted by atomic mass is 10.1. The van der Waals surface area contributed by atoms with Gasteiger partial charge in [-0.25, -0.2) is 0 Å². The van der Waals surface area contributed by atoms with Crippen LogP contribution < -0.4 is 0 Å². The second-order valence-corrected chi connectivity index (χ2v) is 6.30. The molecule has 0 aliphatic rings. The summed E-state index contributed by atoms with van der Waals surface area (Å²) in [5.41, 5.74) is 0.986. The maximum absolute atomic E-state index is 6.36. The fourth-order valence-electron chi connectivity index (χ4n) is 1.47. The zero-order chi connectivity index (χ0) is 11.5. The standard InChI is InChI=1S/C12H9BrCl2S/c13-8-3-4-10(11(14)6-8)12(15)7-9-2-1-5-16-9/h1-6,12H,7H2. The van der Waals surface area contributed by atoms with E-state index >= 15 is 0 Å². The Labute approximate surface area is 117 Å². The first-order valence-corrected chi connectivity index (χ1v) is 7.27. The van der Waals surface area contributed by atoms with Crippen molar-refractivity contribution in [3.05, 3.63) is 55.6 Å². The van der Waals surface area contributed by atoms with Gasteiger partial charge in [0, 0.05) is 20.8 Å². The lowest BCUT2D eigenvalue weighted by Crippen LogP contribution is -1.95. The third-order valence-electron chi connectivity index (χ3n) is 2.26. The first kappa shape index (κ1) is 12.4. The molecule has 0 radical (unpaired) electrons. The predicted molar refractivity (Wildman–Crippen MR) is 75.8 cm³/mol. The van der Waals surface area contributed by atoms with Crippen LogP contribution in [0, 0.1) is 0 Å². The second kappa shape index (κ2) is 5.54. The summed E-state index contributed by atoms with van der Waals surface area (Å²) in [6.45, 7) is 0. The molecular weight excluding hydrogens is 327 g/mol. The van der Waals surface area contributed by atoms with Gasteiger partial charge in [0.2, 0.25) is 0 Å². The zero-order valence-electron chi connectivity index (χ0n) is 8.29. The van der Waals surface area contributed by atoms with Crippen LogP contribution in [0.1, 0.15) is 15.8 Å². The first-order valence-electron chi connectivity index (χ1n) is 4.78. The Morgan fingerprint density at radius 2 is 2.12 bits per heavy atom. The zero-order valence-corrected chi connectivity index (χ0v) is 12.2. The summed E-state index contributed by atoms with van der Waals surface area (Å²) in [6.07, 6.45) is 0.820. The molecule has 0 aliphatic heterocycles. The van der Waals surface area contributed by atoms with Crippen molar-refractivity contribution in [3.63, 3.8) is 0 Å². The second-order valence-electron chi connectivity index (χ2n) is 3.42. The van der Waals surface area contributed by atoms with Crippen molar-refractivity contribution >= 4 is 50.5 Å². The Kier molecular flexibility index (Phi) is 4.31. The third-order valence-corrected chi connectivity index (χ3v) is 4.37. The minimum atomic E-state index is -0.0701. The van der Waals surface area contributed by atoms with Crippen LogP contribution >= 0.6 is 50.5 Å². The van der Waals surface area contributed by atoms with Crippen molar-refractivity contribution in [2.24, 2.45) is 0 Å². The molecule has 1 unspecified atom stereocenters. The largest absolute Gasteiger partial charge is 0.149 e. The third kappa shape index (κ3) is 3.01. The van der Waals surface area contributed by atoms with Gasteiger partial charge in [-0.3, -0.25) is 0 Å². The smallest absolute Gasteiger partial charge is 0.0648 e. The van der Waals surface area contributed by atoms with Crippen LogP contribution in [0.2, 0.25) is 5.02 Å². The topological polar surface area (TPSA) is 0 Å². The van der Waals surface area contributed by atoms with E-state index < -0.39 is 0 Å². The van der Waals surface area contributed by atoms with E-state index in [2.05, 4.69) is 27.4 Å². The minimum absolute atomic E-state index is 0.0701. The molecule has 0 nitrogen and oxygen atoms in total. The summed E-state index contributed by atoms with van der Waals surface area (Å²) >= 11 is 17.6. The quantitative estimate of drug-likeness (QED) is 0.632. The van der Waals surface area contributed by atoms with Gasteiger partial charge in [-0.2, -0.15) is 0 Å². The molecule has 0 saturated carbocycles. The Balaban J connectivity index is 2.17. The molecule has 4 heteroatoms. The van der Waals surface area contributed by atoms with E-state index in [1.807, 2.05) is 24.3 Å². The summed E-state index contributed by atoms with van der Waals surface area (Å²) < 4.78 is 0.973. The molecule has 0 N–H and O–H groups in total. The summed E-state index contributed by atoms with van der Waals surface area (Å²) in [7, 11) is 0. The number of halogens is 3. The first-order chi connectivity index (χ1) is 7.66. The molecule has 1 heterocycles. The van der Waals surface area contributed by atoms with Crippen molar-refractivity contribution < 1.29 is 0 Å². The lowest BCUT2D eigenvalue weighted by molar-refractivity contribution is 0.937. The average Bonchev–Trinajstić information content (AvgIpc) is 2.70. The van der Waals surface area contributed by atoms with Crippen LogP contribution in [0.5, 0.6) is 0 Å². The Hall–Kier alpha value is -0.0200. The molecule has 16 heavy (non-hydrogen) atoms. The van der Waals surface area contributed by atoms with Crippen LogP contribution in [-0.4, -0.2) is 0 Å². The molecule has 2 rings (SSSR count). The molecule has 1 aromatic heterocycles. The molecule has 84 valence electrons. The Morgan fingerprint density at radius 1 is 1.31 bits per heavy atom. The highest BCUT2D eigenvalue weighted by molar-refractivity contribution is 9.10. The molecule has 0 amide bonds. The number of rotatable bonds is 3. The Bertz CT molecular complexity index is 468. The molecular formula is C12H9BrCl2S. The molecule has 1 atom stereocenters. The van der Waals surface area contributed by atoms with Crippen molar-refractivity contribution in [1.29, 1.82) is 0 Å². The molecule has 2 aromatic rings. The summed E-state index contributed by atoms with van der Waals surface area (Å²) in [6, 6.07) is 9.93. The molecule has 0 fully saturated rings. The molecule has 0 spiro atoms. The van der Waals surface area contributed by atoms with E-state index in [0.29, 0.717) is 5.02 Å². The lowest BCUT2D eigenvalue weighted by Gasteiger charge is -2.10. The maximum Gasteiger partial charge on any atom is 0.0648 e. The van der Waals surface area contributed by atoms with Gasteiger partial charge < -0.3 is 0 Å². The van der Waals surface area contributed by atoms with Crippen LogP contribution in [0.4, 0.5) is 0 Å². The predicted octanol–water partition coefficient (Wildman–Crippen LogP) is 5.69. The van der Waals surface area contributed by atoms with Crippen LogP contribution in [0.3, 0.4) is 0 Å². The van der Waals surface area contributed by atoms with Crippen molar-refractivity contribution in [1.82, 2.24) is 0 Å². The van der Waals surface area contributed by atoms with Gasteiger partial charge in [0.1, 0.15) is 0 Å². The van der Waals surface area contributed by atoms with E-state index in [1.54, 1.807) is 11.3 Å². The fraction of sp³-hybridized carbons (Fsp3) is 0.167. The number of alkyl halides is 1. The van der Waals surface area contributed by atoms with Gasteiger partial charge in [0.15, 0.2) is 0 Å². The fourth-order valence-corrected chi connectivity index (χ4v) is 3.53.